The van der Waals surface area contributed by atoms with E-state index >= 15 is 0 Å². The number of unbranched alkanes of at least 4 members (excludes halogenated alkanes) is 1. The number of para-hydroxylation sites is 1. The van der Waals surface area contributed by atoms with E-state index in [0.717, 1.165) is 67.9 Å². The molecule has 0 bridgehead atoms. The average molecular weight is 423 g/mol. The minimum Gasteiger partial charge on any atom is -0.495 e. The van der Waals surface area contributed by atoms with Gasteiger partial charge in [-0.3, -0.25) is 9.69 Å². The van der Waals surface area contributed by atoms with Crippen molar-refractivity contribution in [2.24, 2.45) is 0 Å². The largest absolute Gasteiger partial charge is 0.495 e. The monoisotopic (exact) mass is 422 g/mol. The first-order valence-corrected chi connectivity index (χ1v) is 11.0. The van der Waals surface area contributed by atoms with Crippen molar-refractivity contribution in [3.8, 4) is 0 Å². The molecule has 0 aliphatic carbocycles. The summed E-state index contributed by atoms with van der Waals surface area (Å²) >= 11 is 0. The van der Waals surface area contributed by atoms with Crippen molar-refractivity contribution in [1.82, 2.24) is 20.1 Å². The summed E-state index contributed by atoms with van der Waals surface area (Å²) in [7, 11) is 1.71. The summed E-state index contributed by atoms with van der Waals surface area (Å²) in [4.78, 5) is 20.4. The van der Waals surface area contributed by atoms with E-state index in [4.69, 9.17) is 4.74 Å². The maximum atomic E-state index is 12.4. The standard InChI is InChI=1S/C25H34N4O2/c1-4-10-23(24(5-2)31-3)29-17-15-28(16-18-29)14-9-8-13-26-25(30)22-19-20-11-6-7-12-21(20)27-22/h4-7,10-12,19,27H,1,8-9,13-18H2,2-3H3,(H,26,30)/b23-10+,24-5+. The van der Waals surface area contributed by atoms with Crippen LogP contribution in [-0.2, 0) is 4.74 Å². The lowest BCUT2D eigenvalue weighted by Gasteiger charge is -2.37. The Labute approximate surface area is 185 Å². The Hall–Kier alpha value is -2.99. The number of nitrogens with one attached hydrogen (secondary N) is 2. The average Bonchev–Trinajstić information content (AvgIpc) is 3.24. The third-order valence-corrected chi connectivity index (χ3v) is 5.68. The summed E-state index contributed by atoms with van der Waals surface area (Å²) in [6, 6.07) is 9.84. The van der Waals surface area contributed by atoms with Gasteiger partial charge in [0.2, 0.25) is 0 Å². The van der Waals surface area contributed by atoms with Crippen molar-refractivity contribution in [3.63, 3.8) is 0 Å². The summed E-state index contributed by atoms with van der Waals surface area (Å²) in [6.45, 7) is 11.6. The normalized spacial score (nSPS) is 15.9. The van der Waals surface area contributed by atoms with Crippen LogP contribution in [-0.4, -0.2) is 67.1 Å². The highest BCUT2D eigenvalue weighted by atomic mass is 16.5. The first kappa shape index (κ1) is 22.7. The fraction of sp³-hybridized carbons (Fsp3) is 0.400. The summed E-state index contributed by atoms with van der Waals surface area (Å²) in [5.74, 6) is 0.850. The van der Waals surface area contributed by atoms with Crippen molar-refractivity contribution >= 4 is 16.8 Å². The molecule has 1 aromatic carbocycles. The molecule has 1 aliphatic rings. The molecule has 0 spiro atoms. The van der Waals surface area contributed by atoms with Crippen LogP contribution in [0.2, 0.25) is 0 Å². The molecule has 0 saturated carbocycles. The van der Waals surface area contributed by atoms with E-state index < -0.39 is 0 Å². The predicted octanol–water partition coefficient (Wildman–Crippen LogP) is 3.92. The highest BCUT2D eigenvalue weighted by molar-refractivity contribution is 5.97. The van der Waals surface area contributed by atoms with Gasteiger partial charge in [-0.1, -0.05) is 30.9 Å². The van der Waals surface area contributed by atoms with Gasteiger partial charge in [0.05, 0.1) is 12.8 Å². The molecule has 166 valence electrons. The zero-order chi connectivity index (χ0) is 22.1. The summed E-state index contributed by atoms with van der Waals surface area (Å²) in [5.41, 5.74) is 2.71. The van der Waals surface area contributed by atoms with Crippen LogP contribution in [0.3, 0.4) is 0 Å². The Bertz CT molecular complexity index is 903. The molecule has 0 atom stereocenters. The second-order valence-corrected chi connectivity index (χ2v) is 7.71. The van der Waals surface area contributed by atoms with Crippen LogP contribution in [0.1, 0.15) is 30.3 Å². The van der Waals surface area contributed by atoms with Gasteiger partial charge in [-0.25, -0.2) is 0 Å². The third kappa shape index (κ3) is 6.01. The Balaban J connectivity index is 1.36. The molecule has 1 saturated heterocycles. The van der Waals surface area contributed by atoms with E-state index in [9.17, 15) is 4.79 Å². The van der Waals surface area contributed by atoms with Crippen molar-refractivity contribution in [2.75, 3.05) is 46.4 Å². The molecule has 1 aliphatic heterocycles. The predicted molar refractivity (Wildman–Crippen MR) is 127 cm³/mol. The molecular weight excluding hydrogens is 388 g/mol. The van der Waals surface area contributed by atoms with Gasteiger partial charge in [-0.15, -0.1) is 0 Å². The Morgan fingerprint density at radius 1 is 1.23 bits per heavy atom. The molecule has 3 rings (SSSR count). The number of H-pyrrole nitrogens is 1. The van der Waals surface area contributed by atoms with E-state index in [1.54, 1.807) is 7.11 Å². The summed E-state index contributed by atoms with van der Waals surface area (Å²) in [6.07, 6.45) is 7.87. The Kier molecular flexibility index (Phi) is 8.35. The van der Waals surface area contributed by atoms with Gasteiger partial charge < -0.3 is 19.9 Å². The lowest BCUT2D eigenvalue weighted by atomic mass is 10.2. The van der Waals surface area contributed by atoms with E-state index in [0.29, 0.717) is 12.2 Å². The van der Waals surface area contributed by atoms with Gasteiger partial charge in [-0.05, 0) is 50.6 Å². The molecule has 6 nitrogen and oxygen atoms in total. The molecule has 1 aromatic heterocycles. The second kappa shape index (κ2) is 11.4. The van der Waals surface area contributed by atoms with E-state index in [-0.39, 0.29) is 5.91 Å². The third-order valence-electron chi connectivity index (χ3n) is 5.68. The van der Waals surface area contributed by atoms with Gasteiger partial charge in [0, 0.05) is 43.6 Å². The number of amides is 1. The van der Waals surface area contributed by atoms with Crippen LogP contribution < -0.4 is 5.32 Å². The summed E-state index contributed by atoms with van der Waals surface area (Å²) < 4.78 is 5.51. The van der Waals surface area contributed by atoms with Gasteiger partial charge in [0.15, 0.2) is 0 Å². The summed E-state index contributed by atoms with van der Waals surface area (Å²) in [5, 5.41) is 4.09. The number of allylic oxidation sites excluding steroid dienone is 3. The van der Waals surface area contributed by atoms with Crippen LogP contribution in [0.4, 0.5) is 0 Å². The first-order valence-electron chi connectivity index (χ1n) is 11.0. The number of aromatic nitrogens is 1. The van der Waals surface area contributed by atoms with Crippen LogP contribution in [0, 0.1) is 0 Å². The quantitative estimate of drug-likeness (QED) is 0.346. The zero-order valence-corrected chi connectivity index (χ0v) is 18.7. The fourth-order valence-electron chi connectivity index (χ4n) is 3.99. The van der Waals surface area contributed by atoms with Crippen LogP contribution in [0.5, 0.6) is 0 Å². The first-order chi connectivity index (χ1) is 15.2. The smallest absolute Gasteiger partial charge is 0.267 e. The van der Waals surface area contributed by atoms with E-state index in [2.05, 4.69) is 26.7 Å². The lowest BCUT2D eigenvalue weighted by molar-refractivity contribution is 0.0947. The molecule has 1 fully saturated rings. The minimum atomic E-state index is -0.0377. The Morgan fingerprint density at radius 2 is 2.00 bits per heavy atom. The molecule has 2 aromatic rings. The molecule has 0 radical (unpaired) electrons. The molecule has 2 heterocycles. The topological polar surface area (TPSA) is 60.6 Å². The number of rotatable bonds is 10. The number of aromatic amines is 1. The van der Waals surface area contributed by atoms with Gasteiger partial charge in [0.1, 0.15) is 11.5 Å². The number of ether oxygens (including phenoxy) is 1. The molecule has 0 unspecified atom stereocenters. The fourth-order valence-corrected chi connectivity index (χ4v) is 3.99. The molecular formula is C25H34N4O2. The highest BCUT2D eigenvalue weighted by Crippen LogP contribution is 2.19. The number of carbonyl (C=O) groups excluding carboxylic acids is 1. The maximum Gasteiger partial charge on any atom is 0.267 e. The van der Waals surface area contributed by atoms with Crippen molar-refractivity contribution in [1.29, 1.82) is 0 Å². The Morgan fingerprint density at radius 3 is 2.68 bits per heavy atom. The second-order valence-electron chi connectivity index (χ2n) is 7.71. The number of piperazine rings is 1. The zero-order valence-electron chi connectivity index (χ0n) is 18.7. The van der Waals surface area contributed by atoms with Crippen molar-refractivity contribution < 1.29 is 9.53 Å². The van der Waals surface area contributed by atoms with Crippen molar-refractivity contribution in [3.05, 3.63) is 72.3 Å². The van der Waals surface area contributed by atoms with Crippen LogP contribution in [0.15, 0.2) is 66.6 Å². The minimum absolute atomic E-state index is 0.0377. The van der Waals surface area contributed by atoms with E-state index in [1.807, 2.05) is 55.5 Å². The SMILES string of the molecule is C=C/C=C(\C(=C/C)OC)N1CCN(CCCCNC(=O)c2cc3ccccc3[nH]2)CC1. The van der Waals surface area contributed by atoms with Crippen LogP contribution >= 0.6 is 0 Å². The molecule has 1 amide bonds. The highest BCUT2D eigenvalue weighted by Gasteiger charge is 2.20. The number of hydrogen-bond acceptors (Lipinski definition) is 4. The lowest BCUT2D eigenvalue weighted by Crippen LogP contribution is -2.46. The van der Waals surface area contributed by atoms with Gasteiger partial charge in [0.25, 0.3) is 5.91 Å². The number of methoxy groups -OCH3 is 1. The number of fused-ring (bicyclic) bond motifs is 1. The van der Waals surface area contributed by atoms with Crippen molar-refractivity contribution in [2.45, 2.75) is 19.8 Å². The van der Waals surface area contributed by atoms with Gasteiger partial charge >= 0.3 is 0 Å². The maximum absolute atomic E-state index is 12.4. The number of hydrogen-bond donors (Lipinski definition) is 2. The van der Waals surface area contributed by atoms with Crippen LogP contribution in [0.25, 0.3) is 10.9 Å². The molecule has 2 N–H and O–H groups in total. The number of nitrogens with zero attached hydrogens (tertiary/aromatic N) is 2. The number of benzene rings is 1. The molecule has 31 heavy (non-hydrogen) atoms. The van der Waals surface area contributed by atoms with Gasteiger partial charge in [-0.2, -0.15) is 0 Å². The molecule has 6 heteroatoms. The van der Waals surface area contributed by atoms with E-state index in [1.165, 1.54) is 0 Å². The number of carbonyl (C=O) groups is 1.